The molecule has 2 amide bonds. The molecule has 0 saturated carbocycles. The van der Waals surface area contributed by atoms with Crippen molar-refractivity contribution in [3.05, 3.63) is 80.8 Å². The minimum Gasteiger partial charge on any atom is -0.269 e. The molecule has 128 valence electrons. The molecule has 1 aliphatic heterocycles. The number of imide groups is 1. The number of nitro benzene ring substituents is 1. The average molecular weight is 365 g/mol. The predicted molar refractivity (Wildman–Crippen MR) is 94.9 cm³/mol. The summed E-state index contributed by atoms with van der Waals surface area (Å²) in [7, 11) is 0. The van der Waals surface area contributed by atoms with Gasteiger partial charge in [-0.3, -0.25) is 24.6 Å². The van der Waals surface area contributed by atoms with Gasteiger partial charge in [-0.05, 0) is 24.3 Å². The maximum absolute atomic E-state index is 12.4. The summed E-state index contributed by atoms with van der Waals surface area (Å²) in [5.41, 5.74) is 2.16. The van der Waals surface area contributed by atoms with Gasteiger partial charge >= 0.3 is 0 Å². The van der Waals surface area contributed by atoms with Gasteiger partial charge in [-0.2, -0.15) is 0 Å². The zero-order valence-electron chi connectivity index (χ0n) is 13.3. The Balaban J connectivity index is 1.55. The van der Waals surface area contributed by atoms with E-state index in [4.69, 9.17) is 0 Å². The molecule has 2 heterocycles. The molecule has 8 heteroatoms. The maximum atomic E-state index is 12.4. The molecular weight excluding hydrogens is 354 g/mol. The Morgan fingerprint density at radius 2 is 1.62 bits per heavy atom. The summed E-state index contributed by atoms with van der Waals surface area (Å²) < 4.78 is 0. The van der Waals surface area contributed by atoms with Crippen molar-refractivity contribution in [3.63, 3.8) is 0 Å². The van der Waals surface area contributed by atoms with Crippen LogP contribution in [-0.4, -0.2) is 26.6 Å². The average Bonchev–Trinajstić information content (AvgIpc) is 3.22. The fourth-order valence-corrected chi connectivity index (χ4v) is 3.60. The summed E-state index contributed by atoms with van der Waals surface area (Å²) in [5.74, 6) is -0.647. The molecule has 3 aromatic rings. The van der Waals surface area contributed by atoms with E-state index in [-0.39, 0.29) is 24.0 Å². The highest BCUT2D eigenvalue weighted by atomic mass is 32.1. The summed E-state index contributed by atoms with van der Waals surface area (Å²) in [6, 6.07) is 12.8. The number of amides is 2. The van der Waals surface area contributed by atoms with Crippen LogP contribution in [0.3, 0.4) is 0 Å². The molecule has 0 atom stereocenters. The Bertz CT molecular complexity index is 1010. The summed E-state index contributed by atoms with van der Waals surface area (Å²) in [6.07, 6.45) is 0. The molecule has 2 aromatic carbocycles. The van der Waals surface area contributed by atoms with Crippen molar-refractivity contribution >= 4 is 28.8 Å². The lowest BCUT2D eigenvalue weighted by atomic mass is 10.1. The van der Waals surface area contributed by atoms with Gasteiger partial charge < -0.3 is 0 Å². The van der Waals surface area contributed by atoms with Crippen LogP contribution in [0.5, 0.6) is 0 Å². The number of non-ortho nitro benzene ring substituents is 1. The van der Waals surface area contributed by atoms with Crippen molar-refractivity contribution in [2.45, 2.75) is 6.54 Å². The molecular formula is C18H11N3O4S. The van der Waals surface area contributed by atoms with Gasteiger partial charge in [0.15, 0.2) is 0 Å². The molecule has 7 nitrogen and oxygen atoms in total. The lowest BCUT2D eigenvalue weighted by Crippen LogP contribution is -2.29. The third-order valence-electron chi connectivity index (χ3n) is 4.08. The van der Waals surface area contributed by atoms with Crippen LogP contribution >= 0.6 is 11.3 Å². The van der Waals surface area contributed by atoms with Gasteiger partial charge in [-0.1, -0.05) is 12.1 Å². The standard InChI is InChI=1S/C18H11N3O4S/c22-17-14-3-1-2-4-15(14)18(23)20(17)9-12-10-26-16(19-12)11-5-7-13(8-6-11)21(24)25/h1-8,10H,9H2. The first-order chi connectivity index (χ1) is 12.5. The van der Waals surface area contributed by atoms with Gasteiger partial charge in [0.1, 0.15) is 5.01 Å². The zero-order chi connectivity index (χ0) is 18.3. The monoisotopic (exact) mass is 365 g/mol. The first kappa shape index (κ1) is 16.1. The number of rotatable bonds is 4. The summed E-state index contributed by atoms with van der Waals surface area (Å²) in [4.78, 5) is 40.7. The Hall–Kier alpha value is -3.39. The number of benzene rings is 2. The van der Waals surface area contributed by atoms with E-state index in [0.29, 0.717) is 21.8 Å². The number of nitro groups is 1. The van der Waals surface area contributed by atoms with E-state index in [2.05, 4.69) is 4.98 Å². The van der Waals surface area contributed by atoms with Crippen molar-refractivity contribution < 1.29 is 14.5 Å². The highest BCUT2D eigenvalue weighted by Gasteiger charge is 2.35. The summed E-state index contributed by atoms with van der Waals surface area (Å²) in [5, 5.41) is 13.2. The number of fused-ring (bicyclic) bond motifs is 1. The molecule has 0 bridgehead atoms. The summed E-state index contributed by atoms with van der Waals surface area (Å²) >= 11 is 1.36. The van der Waals surface area contributed by atoms with Crippen LogP contribution in [0.2, 0.25) is 0 Å². The van der Waals surface area contributed by atoms with Crippen molar-refractivity contribution in [1.82, 2.24) is 9.88 Å². The van der Waals surface area contributed by atoms with Gasteiger partial charge in [0.05, 0.1) is 28.3 Å². The van der Waals surface area contributed by atoms with Gasteiger partial charge in [0, 0.05) is 23.1 Å². The normalized spacial score (nSPS) is 13.2. The highest BCUT2D eigenvalue weighted by molar-refractivity contribution is 7.13. The largest absolute Gasteiger partial charge is 0.269 e. The topological polar surface area (TPSA) is 93.4 Å². The Labute approximate surface area is 151 Å². The van der Waals surface area contributed by atoms with Crippen LogP contribution in [0.15, 0.2) is 53.9 Å². The number of hydrogen-bond acceptors (Lipinski definition) is 6. The van der Waals surface area contributed by atoms with Crippen molar-refractivity contribution in [3.8, 4) is 10.6 Å². The maximum Gasteiger partial charge on any atom is 0.269 e. The highest BCUT2D eigenvalue weighted by Crippen LogP contribution is 2.28. The molecule has 0 N–H and O–H groups in total. The lowest BCUT2D eigenvalue weighted by molar-refractivity contribution is -0.384. The van der Waals surface area contributed by atoms with Crippen LogP contribution in [-0.2, 0) is 6.54 Å². The number of carbonyl (C=O) groups is 2. The second-order valence-electron chi connectivity index (χ2n) is 5.69. The number of hydrogen-bond donors (Lipinski definition) is 0. The molecule has 1 aliphatic rings. The van der Waals surface area contributed by atoms with Crippen molar-refractivity contribution in [2.75, 3.05) is 0 Å². The fourth-order valence-electron chi connectivity index (χ4n) is 2.78. The lowest BCUT2D eigenvalue weighted by Gasteiger charge is -2.11. The SMILES string of the molecule is O=C1c2ccccc2C(=O)N1Cc1csc(-c2ccc([N+](=O)[O-])cc2)n1. The number of nitrogens with zero attached hydrogens (tertiary/aromatic N) is 3. The van der Waals surface area contributed by atoms with Gasteiger partial charge in [0.25, 0.3) is 17.5 Å². The van der Waals surface area contributed by atoms with E-state index in [1.807, 2.05) is 0 Å². The third kappa shape index (κ3) is 2.66. The molecule has 4 rings (SSSR count). The first-order valence-electron chi connectivity index (χ1n) is 7.69. The van der Waals surface area contributed by atoms with E-state index >= 15 is 0 Å². The second kappa shape index (κ2) is 6.16. The van der Waals surface area contributed by atoms with Gasteiger partial charge in [-0.25, -0.2) is 4.98 Å². The number of carbonyl (C=O) groups excluding carboxylic acids is 2. The van der Waals surface area contributed by atoms with E-state index in [9.17, 15) is 19.7 Å². The second-order valence-corrected chi connectivity index (χ2v) is 6.55. The van der Waals surface area contributed by atoms with Crippen LogP contribution in [0.1, 0.15) is 26.4 Å². The predicted octanol–water partition coefficient (Wildman–Crippen LogP) is 3.51. The smallest absolute Gasteiger partial charge is 0.269 e. The van der Waals surface area contributed by atoms with Gasteiger partial charge in [0.2, 0.25) is 0 Å². The zero-order valence-corrected chi connectivity index (χ0v) is 14.1. The fraction of sp³-hybridized carbons (Fsp3) is 0.0556. The molecule has 0 saturated heterocycles. The molecule has 0 aliphatic carbocycles. The Morgan fingerprint density at radius 3 is 2.19 bits per heavy atom. The number of thiazole rings is 1. The minimum atomic E-state index is -0.459. The minimum absolute atomic E-state index is 0.0107. The summed E-state index contributed by atoms with van der Waals surface area (Å²) in [6.45, 7) is 0.0931. The molecule has 0 radical (unpaired) electrons. The molecule has 26 heavy (non-hydrogen) atoms. The van der Waals surface area contributed by atoms with Crippen LogP contribution in [0.4, 0.5) is 5.69 Å². The van der Waals surface area contributed by atoms with E-state index in [1.165, 1.54) is 28.4 Å². The Morgan fingerprint density at radius 1 is 1.00 bits per heavy atom. The quantitative estimate of drug-likeness (QED) is 0.401. The molecule has 0 fully saturated rings. The van der Waals surface area contributed by atoms with Crippen LogP contribution < -0.4 is 0 Å². The third-order valence-corrected chi connectivity index (χ3v) is 5.02. The Kier molecular flexibility index (Phi) is 3.81. The van der Waals surface area contributed by atoms with Crippen molar-refractivity contribution in [1.29, 1.82) is 0 Å². The number of aromatic nitrogens is 1. The molecule has 0 unspecified atom stereocenters. The van der Waals surface area contributed by atoms with Gasteiger partial charge in [-0.15, -0.1) is 11.3 Å². The van der Waals surface area contributed by atoms with E-state index in [0.717, 1.165) is 5.56 Å². The molecule has 1 aromatic heterocycles. The molecule has 0 spiro atoms. The van der Waals surface area contributed by atoms with E-state index in [1.54, 1.807) is 41.8 Å². The van der Waals surface area contributed by atoms with Crippen molar-refractivity contribution in [2.24, 2.45) is 0 Å². The van der Waals surface area contributed by atoms with Crippen LogP contribution in [0.25, 0.3) is 10.6 Å². The first-order valence-corrected chi connectivity index (χ1v) is 8.57. The van der Waals surface area contributed by atoms with Crippen LogP contribution in [0, 0.1) is 10.1 Å². The van der Waals surface area contributed by atoms with E-state index < -0.39 is 4.92 Å².